The van der Waals surface area contributed by atoms with E-state index in [1.54, 1.807) is 0 Å². The summed E-state index contributed by atoms with van der Waals surface area (Å²) in [5, 5.41) is 4.07. The van der Waals surface area contributed by atoms with Crippen molar-refractivity contribution in [1.29, 1.82) is 0 Å². The summed E-state index contributed by atoms with van der Waals surface area (Å²) in [5.74, 6) is 0. The Labute approximate surface area is 114 Å². The maximum atomic E-state index is 5.68. The van der Waals surface area contributed by atoms with Gasteiger partial charge in [0, 0.05) is 25.4 Å². The molecule has 1 saturated heterocycles. The Hall–Kier alpha value is -1.13. The summed E-state index contributed by atoms with van der Waals surface area (Å²) in [6.07, 6.45) is 2.60. The van der Waals surface area contributed by atoms with Crippen LogP contribution < -0.4 is 5.32 Å². The first kappa shape index (κ1) is 13.3. The Morgan fingerprint density at radius 3 is 2.94 bits per heavy atom. The molecule has 1 unspecified atom stereocenters. The second-order valence-electron chi connectivity index (χ2n) is 4.46. The SMILES string of the molecule is CCOC1CCCN(C(=S)Nc2ccccc2)C1. The highest BCUT2D eigenvalue weighted by atomic mass is 32.1. The van der Waals surface area contributed by atoms with Crippen LogP contribution in [0.1, 0.15) is 19.8 Å². The zero-order valence-electron chi connectivity index (χ0n) is 10.8. The molecule has 1 N–H and O–H groups in total. The zero-order chi connectivity index (χ0) is 12.8. The lowest BCUT2D eigenvalue weighted by molar-refractivity contribution is 0.0241. The van der Waals surface area contributed by atoms with Crippen molar-refractivity contribution in [1.82, 2.24) is 4.90 Å². The van der Waals surface area contributed by atoms with Gasteiger partial charge in [-0.3, -0.25) is 0 Å². The average molecular weight is 264 g/mol. The van der Waals surface area contributed by atoms with Crippen LogP contribution in [0.2, 0.25) is 0 Å². The van der Waals surface area contributed by atoms with Crippen molar-refractivity contribution in [2.24, 2.45) is 0 Å². The predicted molar refractivity (Wildman–Crippen MR) is 78.9 cm³/mol. The van der Waals surface area contributed by atoms with Crippen molar-refractivity contribution in [3.63, 3.8) is 0 Å². The molecule has 1 aromatic rings. The first-order valence-electron chi connectivity index (χ1n) is 6.52. The van der Waals surface area contributed by atoms with E-state index in [0.29, 0.717) is 6.10 Å². The van der Waals surface area contributed by atoms with Gasteiger partial charge in [0.1, 0.15) is 0 Å². The third-order valence-corrected chi connectivity index (χ3v) is 3.45. The first-order valence-corrected chi connectivity index (χ1v) is 6.93. The number of para-hydroxylation sites is 1. The van der Waals surface area contributed by atoms with Gasteiger partial charge in [0.15, 0.2) is 5.11 Å². The Morgan fingerprint density at radius 2 is 2.22 bits per heavy atom. The first-order chi connectivity index (χ1) is 8.79. The number of piperidine rings is 1. The monoisotopic (exact) mass is 264 g/mol. The minimum absolute atomic E-state index is 0.319. The van der Waals surface area contributed by atoms with Crippen molar-refractivity contribution in [3.8, 4) is 0 Å². The molecule has 1 aliphatic heterocycles. The molecule has 18 heavy (non-hydrogen) atoms. The Morgan fingerprint density at radius 1 is 1.44 bits per heavy atom. The topological polar surface area (TPSA) is 24.5 Å². The van der Waals surface area contributed by atoms with E-state index in [1.165, 1.54) is 0 Å². The van der Waals surface area contributed by atoms with Crippen LogP contribution in [-0.4, -0.2) is 35.8 Å². The van der Waals surface area contributed by atoms with E-state index >= 15 is 0 Å². The van der Waals surface area contributed by atoms with Crippen LogP contribution in [0.3, 0.4) is 0 Å². The van der Waals surface area contributed by atoms with Crippen molar-refractivity contribution < 1.29 is 4.74 Å². The molecule has 1 aliphatic rings. The lowest BCUT2D eigenvalue weighted by Crippen LogP contribution is -2.45. The quantitative estimate of drug-likeness (QED) is 0.849. The standard InChI is InChI=1S/C14H20N2OS/c1-2-17-13-9-6-10-16(11-13)14(18)15-12-7-4-3-5-8-12/h3-5,7-8,13H,2,6,9-11H2,1H3,(H,15,18). The lowest BCUT2D eigenvalue weighted by Gasteiger charge is -2.34. The number of anilines is 1. The van der Waals surface area contributed by atoms with Crippen LogP contribution in [0, 0.1) is 0 Å². The van der Waals surface area contributed by atoms with Crippen LogP contribution in [0.5, 0.6) is 0 Å². The number of hydrogen-bond donors (Lipinski definition) is 1. The van der Waals surface area contributed by atoms with E-state index in [2.05, 4.69) is 10.2 Å². The highest BCUT2D eigenvalue weighted by molar-refractivity contribution is 7.80. The number of hydrogen-bond acceptors (Lipinski definition) is 2. The molecule has 2 rings (SSSR count). The smallest absolute Gasteiger partial charge is 0.173 e. The summed E-state index contributed by atoms with van der Waals surface area (Å²) in [5.41, 5.74) is 1.04. The van der Waals surface area contributed by atoms with Crippen LogP contribution >= 0.6 is 12.2 Å². The number of likely N-dealkylation sites (tertiary alicyclic amines) is 1. The summed E-state index contributed by atoms with van der Waals surface area (Å²) in [6, 6.07) is 10.1. The van der Waals surface area contributed by atoms with E-state index in [1.807, 2.05) is 37.3 Å². The van der Waals surface area contributed by atoms with Crippen molar-refractivity contribution in [2.75, 3.05) is 25.0 Å². The van der Waals surface area contributed by atoms with E-state index in [0.717, 1.165) is 43.3 Å². The maximum Gasteiger partial charge on any atom is 0.173 e. The minimum Gasteiger partial charge on any atom is -0.377 e. The second kappa shape index (κ2) is 6.71. The molecule has 0 spiro atoms. The van der Waals surface area contributed by atoms with Gasteiger partial charge in [0.2, 0.25) is 0 Å². The number of nitrogens with one attached hydrogen (secondary N) is 1. The molecular weight excluding hydrogens is 244 g/mol. The average Bonchev–Trinajstić information content (AvgIpc) is 2.40. The maximum absolute atomic E-state index is 5.68. The molecule has 0 saturated carbocycles. The fourth-order valence-electron chi connectivity index (χ4n) is 2.22. The molecular formula is C14H20N2OS. The number of thiocarbonyl (C=S) groups is 1. The second-order valence-corrected chi connectivity index (χ2v) is 4.85. The number of nitrogens with zero attached hydrogens (tertiary/aromatic N) is 1. The van der Waals surface area contributed by atoms with E-state index in [-0.39, 0.29) is 0 Å². The fourth-order valence-corrected chi connectivity index (χ4v) is 2.50. The predicted octanol–water partition coefficient (Wildman–Crippen LogP) is 2.88. The van der Waals surface area contributed by atoms with E-state index < -0.39 is 0 Å². The summed E-state index contributed by atoms with van der Waals surface area (Å²) >= 11 is 5.45. The molecule has 0 radical (unpaired) electrons. The van der Waals surface area contributed by atoms with Crippen LogP contribution in [-0.2, 0) is 4.74 Å². The van der Waals surface area contributed by atoms with Gasteiger partial charge in [-0.15, -0.1) is 0 Å². The van der Waals surface area contributed by atoms with Gasteiger partial charge in [0.25, 0.3) is 0 Å². The zero-order valence-corrected chi connectivity index (χ0v) is 11.6. The van der Waals surface area contributed by atoms with Gasteiger partial charge >= 0.3 is 0 Å². The van der Waals surface area contributed by atoms with Crippen molar-refractivity contribution in [3.05, 3.63) is 30.3 Å². The molecule has 0 amide bonds. The van der Waals surface area contributed by atoms with Crippen LogP contribution in [0.4, 0.5) is 5.69 Å². The largest absolute Gasteiger partial charge is 0.377 e. The van der Waals surface area contributed by atoms with Crippen molar-refractivity contribution >= 4 is 23.0 Å². The fraction of sp³-hybridized carbons (Fsp3) is 0.500. The third kappa shape index (κ3) is 3.68. The number of ether oxygens (including phenoxy) is 1. The van der Waals surface area contributed by atoms with Gasteiger partial charge < -0.3 is 15.0 Å². The minimum atomic E-state index is 0.319. The highest BCUT2D eigenvalue weighted by Gasteiger charge is 2.21. The molecule has 3 nitrogen and oxygen atoms in total. The molecule has 98 valence electrons. The van der Waals surface area contributed by atoms with Gasteiger partial charge in [-0.05, 0) is 44.1 Å². The molecule has 1 fully saturated rings. The molecule has 1 atom stereocenters. The molecule has 4 heteroatoms. The number of rotatable bonds is 3. The van der Waals surface area contributed by atoms with E-state index in [4.69, 9.17) is 17.0 Å². The summed E-state index contributed by atoms with van der Waals surface area (Å²) in [7, 11) is 0. The summed E-state index contributed by atoms with van der Waals surface area (Å²) < 4.78 is 5.68. The molecule has 1 aromatic carbocycles. The highest BCUT2D eigenvalue weighted by Crippen LogP contribution is 2.15. The van der Waals surface area contributed by atoms with E-state index in [9.17, 15) is 0 Å². The molecule has 0 aliphatic carbocycles. The van der Waals surface area contributed by atoms with Gasteiger partial charge in [0.05, 0.1) is 6.10 Å². The Kier molecular flexibility index (Phi) is 4.96. The molecule has 0 bridgehead atoms. The normalized spacial score (nSPS) is 19.6. The van der Waals surface area contributed by atoms with Crippen LogP contribution in [0.15, 0.2) is 30.3 Å². The molecule has 0 aromatic heterocycles. The van der Waals surface area contributed by atoms with Gasteiger partial charge in [-0.25, -0.2) is 0 Å². The Balaban J connectivity index is 1.88. The molecule has 1 heterocycles. The van der Waals surface area contributed by atoms with Gasteiger partial charge in [-0.1, -0.05) is 18.2 Å². The third-order valence-electron chi connectivity index (χ3n) is 3.09. The lowest BCUT2D eigenvalue weighted by atomic mass is 10.1. The Bertz CT molecular complexity index is 381. The summed E-state index contributed by atoms with van der Waals surface area (Å²) in [4.78, 5) is 2.20. The van der Waals surface area contributed by atoms with Crippen molar-refractivity contribution in [2.45, 2.75) is 25.9 Å². The van der Waals surface area contributed by atoms with Crippen LogP contribution in [0.25, 0.3) is 0 Å². The van der Waals surface area contributed by atoms with Gasteiger partial charge in [-0.2, -0.15) is 0 Å². The summed E-state index contributed by atoms with van der Waals surface area (Å²) in [6.45, 7) is 4.73. The number of benzene rings is 1.